The predicted octanol–water partition coefficient (Wildman–Crippen LogP) is 4.88. The average Bonchev–Trinajstić information content (AvgIpc) is 2.44. The van der Waals surface area contributed by atoms with Crippen molar-refractivity contribution in [2.75, 3.05) is 7.11 Å². The fourth-order valence-electron chi connectivity index (χ4n) is 2.11. The second-order valence-corrected chi connectivity index (χ2v) is 4.50. The summed E-state index contributed by atoms with van der Waals surface area (Å²) in [5.74, 6) is -2.35. The van der Waals surface area contributed by atoms with Crippen molar-refractivity contribution < 1.29 is 22.6 Å². The highest BCUT2D eigenvalue weighted by Gasteiger charge is 2.15. The van der Waals surface area contributed by atoms with Gasteiger partial charge in [0.1, 0.15) is 0 Å². The predicted molar refractivity (Wildman–Crippen MR) is 74.8 cm³/mol. The van der Waals surface area contributed by atoms with Crippen molar-refractivity contribution in [2.45, 2.75) is 19.8 Å². The van der Waals surface area contributed by atoms with E-state index in [2.05, 4.69) is 0 Å². The van der Waals surface area contributed by atoms with Crippen LogP contribution in [0.4, 0.5) is 17.9 Å². The Morgan fingerprint density at radius 3 is 2.29 bits per heavy atom. The molecule has 0 radical (unpaired) electrons. The quantitative estimate of drug-likeness (QED) is 0.731. The summed E-state index contributed by atoms with van der Waals surface area (Å²) in [6.45, 7) is 1.89. The third-order valence-corrected chi connectivity index (χ3v) is 3.14. The molecule has 5 heteroatoms. The summed E-state index contributed by atoms with van der Waals surface area (Å²) in [6, 6.07) is 7.04. The number of methoxy groups -OCH3 is 1. The Labute approximate surface area is 120 Å². The molecule has 0 bridgehead atoms. The number of benzene rings is 2. The molecule has 0 saturated heterocycles. The van der Waals surface area contributed by atoms with E-state index in [1.54, 1.807) is 6.07 Å². The molecule has 0 spiro atoms. The van der Waals surface area contributed by atoms with Crippen LogP contribution in [0.5, 0.6) is 5.75 Å². The molecule has 0 aromatic heterocycles. The van der Waals surface area contributed by atoms with E-state index >= 15 is 0 Å². The van der Waals surface area contributed by atoms with Gasteiger partial charge in [-0.05, 0) is 29.7 Å². The smallest absolute Gasteiger partial charge is 0.166 e. The zero-order valence-electron chi connectivity index (χ0n) is 11.8. The molecule has 0 atom stereocenters. The molecule has 0 N–H and O–H groups in total. The first kappa shape index (κ1) is 17.0. The molecule has 0 fully saturated rings. The lowest BCUT2D eigenvalue weighted by Gasteiger charge is -2.09. The van der Waals surface area contributed by atoms with Gasteiger partial charge < -0.3 is 4.74 Å². The van der Waals surface area contributed by atoms with E-state index in [0.29, 0.717) is 12.0 Å². The standard InChI is InChI=1S/C16H15F3O.FH/c1-3-4-10-5-7-12(16(19)15(10)18)11-6-8-14(20-2)13(17)9-11;/h5-9H,3-4H2,1-2H3;1H. The lowest BCUT2D eigenvalue weighted by atomic mass is 10.0. The zero-order valence-corrected chi connectivity index (χ0v) is 11.8. The van der Waals surface area contributed by atoms with E-state index in [1.165, 1.54) is 25.3 Å². The first-order chi connectivity index (χ1) is 9.58. The summed E-state index contributed by atoms with van der Waals surface area (Å²) in [5.41, 5.74) is 0.661. The third-order valence-electron chi connectivity index (χ3n) is 3.14. The summed E-state index contributed by atoms with van der Waals surface area (Å²) in [5, 5.41) is 0. The van der Waals surface area contributed by atoms with Crippen LogP contribution in [-0.2, 0) is 6.42 Å². The molecule has 1 nitrogen and oxygen atoms in total. The molecule has 21 heavy (non-hydrogen) atoms. The monoisotopic (exact) mass is 300 g/mol. The Morgan fingerprint density at radius 1 is 1.00 bits per heavy atom. The normalized spacial score (nSPS) is 10.1. The first-order valence-corrected chi connectivity index (χ1v) is 6.39. The molecule has 0 aliphatic carbocycles. The highest BCUT2D eigenvalue weighted by Crippen LogP contribution is 2.29. The molecular weight excluding hydrogens is 284 g/mol. The van der Waals surface area contributed by atoms with E-state index in [9.17, 15) is 13.2 Å². The van der Waals surface area contributed by atoms with Crippen molar-refractivity contribution in [1.29, 1.82) is 0 Å². The Morgan fingerprint density at radius 2 is 1.71 bits per heavy atom. The van der Waals surface area contributed by atoms with Crippen molar-refractivity contribution in [3.63, 3.8) is 0 Å². The van der Waals surface area contributed by atoms with Gasteiger partial charge in [0.25, 0.3) is 0 Å². The van der Waals surface area contributed by atoms with Crippen LogP contribution in [0.25, 0.3) is 11.1 Å². The Kier molecular flexibility index (Phi) is 5.76. The molecule has 0 saturated carbocycles. The number of aryl methyl sites for hydroxylation is 1. The lowest BCUT2D eigenvalue weighted by molar-refractivity contribution is 0.386. The minimum absolute atomic E-state index is 0. The van der Waals surface area contributed by atoms with Gasteiger partial charge in [0.15, 0.2) is 23.2 Å². The van der Waals surface area contributed by atoms with Crippen molar-refractivity contribution in [1.82, 2.24) is 0 Å². The minimum atomic E-state index is -0.944. The molecule has 2 aromatic carbocycles. The third kappa shape index (κ3) is 3.35. The number of rotatable bonds is 4. The van der Waals surface area contributed by atoms with Crippen molar-refractivity contribution in [3.8, 4) is 16.9 Å². The van der Waals surface area contributed by atoms with Crippen molar-refractivity contribution in [3.05, 3.63) is 53.3 Å². The molecule has 114 valence electrons. The van der Waals surface area contributed by atoms with Crippen LogP contribution in [0.2, 0.25) is 0 Å². The van der Waals surface area contributed by atoms with Gasteiger partial charge in [-0.25, -0.2) is 13.2 Å². The summed E-state index contributed by atoms with van der Waals surface area (Å²) >= 11 is 0. The maximum absolute atomic E-state index is 14.1. The second kappa shape index (κ2) is 7.11. The Balaban J connectivity index is 0.00000220. The molecule has 0 unspecified atom stereocenters. The lowest BCUT2D eigenvalue weighted by Crippen LogP contribution is -1.97. The topological polar surface area (TPSA) is 9.23 Å². The molecular formula is C16H16F4O. The van der Waals surface area contributed by atoms with E-state index in [0.717, 1.165) is 12.5 Å². The van der Waals surface area contributed by atoms with E-state index < -0.39 is 17.5 Å². The summed E-state index contributed by atoms with van der Waals surface area (Å²) in [4.78, 5) is 0. The summed E-state index contributed by atoms with van der Waals surface area (Å²) in [6.07, 6.45) is 1.20. The minimum Gasteiger partial charge on any atom is -0.494 e. The van der Waals surface area contributed by atoms with Gasteiger partial charge in [0, 0.05) is 5.56 Å². The van der Waals surface area contributed by atoms with Gasteiger partial charge >= 0.3 is 0 Å². The maximum Gasteiger partial charge on any atom is 0.166 e. The van der Waals surface area contributed by atoms with Crippen LogP contribution in [0, 0.1) is 17.5 Å². The molecule has 0 amide bonds. The fourth-order valence-corrected chi connectivity index (χ4v) is 2.11. The number of hydrogen-bond donors (Lipinski definition) is 0. The molecule has 0 aliphatic rings. The largest absolute Gasteiger partial charge is 0.494 e. The average molecular weight is 300 g/mol. The highest BCUT2D eigenvalue weighted by molar-refractivity contribution is 5.65. The van der Waals surface area contributed by atoms with Gasteiger partial charge in [-0.2, -0.15) is 0 Å². The zero-order chi connectivity index (χ0) is 14.7. The van der Waals surface area contributed by atoms with Gasteiger partial charge in [-0.3, -0.25) is 4.70 Å². The Hall–Kier alpha value is -2.04. The first-order valence-electron chi connectivity index (χ1n) is 6.39. The van der Waals surface area contributed by atoms with Crippen molar-refractivity contribution >= 4 is 0 Å². The van der Waals surface area contributed by atoms with E-state index in [-0.39, 0.29) is 21.6 Å². The maximum atomic E-state index is 14.1. The molecule has 0 heterocycles. The molecule has 2 aromatic rings. The van der Waals surface area contributed by atoms with Crippen LogP contribution >= 0.6 is 0 Å². The van der Waals surface area contributed by atoms with Crippen LogP contribution in [0.3, 0.4) is 0 Å². The Bertz CT molecular complexity index is 626. The van der Waals surface area contributed by atoms with Crippen molar-refractivity contribution in [2.24, 2.45) is 0 Å². The summed E-state index contributed by atoms with van der Waals surface area (Å²) in [7, 11) is 1.35. The number of hydrogen-bond acceptors (Lipinski definition) is 1. The van der Waals surface area contributed by atoms with Gasteiger partial charge in [-0.15, -0.1) is 0 Å². The van der Waals surface area contributed by atoms with Gasteiger partial charge in [0.2, 0.25) is 0 Å². The molecule has 0 aliphatic heterocycles. The van der Waals surface area contributed by atoms with E-state index in [1.807, 2.05) is 6.92 Å². The molecule has 2 rings (SSSR count). The highest BCUT2D eigenvalue weighted by atomic mass is 19.2. The SMILES string of the molecule is CCCc1ccc(-c2ccc(OC)c(F)c2)c(F)c1F.F. The van der Waals surface area contributed by atoms with Gasteiger partial charge in [-0.1, -0.05) is 31.5 Å². The van der Waals surface area contributed by atoms with Crippen LogP contribution in [-0.4, -0.2) is 7.11 Å². The fraction of sp³-hybridized carbons (Fsp3) is 0.250. The van der Waals surface area contributed by atoms with Crippen LogP contribution in [0.1, 0.15) is 18.9 Å². The number of ether oxygens (including phenoxy) is 1. The van der Waals surface area contributed by atoms with Gasteiger partial charge in [0.05, 0.1) is 7.11 Å². The van der Waals surface area contributed by atoms with Crippen LogP contribution < -0.4 is 4.74 Å². The number of halogens is 4. The second-order valence-electron chi connectivity index (χ2n) is 4.50. The van der Waals surface area contributed by atoms with E-state index in [4.69, 9.17) is 4.74 Å². The van der Waals surface area contributed by atoms with Crippen LogP contribution in [0.15, 0.2) is 30.3 Å². The summed E-state index contributed by atoms with van der Waals surface area (Å²) < 4.78 is 46.4.